The van der Waals surface area contributed by atoms with Crippen LogP contribution in [0.3, 0.4) is 0 Å². The number of hydrogen-bond donors (Lipinski definition) is 1. The largest absolute Gasteiger partial charge is 0.379 e. The molecule has 0 bridgehead atoms. The average Bonchev–Trinajstić information content (AvgIpc) is 2.88. The molecule has 1 saturated heterocycles. The minimum Gasteiger partial charge on any atom is -0.379 e. The fraction of sp³-hybridized carbons (Fsp3) is 0.625. The van der Waals surface area contributed by atoms with E-state index in [2.05, 4.69) is 26.1 Å². The molecule has 2 rings (SSSR count). The highest BCUT2D eigenvalue weighted by Crippen LogP contribution is 2.16. The van der Waals surface area contributed by atoms with Crippen LogP contribution in [0.4, 0.5) is 4.39 Å². The van der Waals surface area contributed by atoms with E-state index in [0.29, 0.717) is 18.8 Å². The van der Waals surface area contributed by atoms with Gasteiger partial charge in [-0.15, -0.1) is 0 Å². The van der Waals surface area contributed by atoms with E-state index in [1.165, 1.54) is 6.07 Å². The quantitative estimate of drug-likeness (QED) is 0.900. The topological polar surface area (TPSA) is 30.5 Å². The lowest BCUT2D eigenvalue weighted by molar-refractivity contribution is 0.0304. The summed E-state index contributed by atoms with van der Waals surface area (Å²) < 4.78 is 24.7. The number of rotatable bonds is 5. The Morgan fingerprint density at radius 2 is 2.20 bits per heavy atom. The maximum Gasteiger partial charge on any atom is 0.128 e. The van der Waals surface area contributed by atoms with Gasteiger partial charge in [0.1, 0.15) is 5.82 Å². The first-order chi connectivity index (χ1) is 9.44. The molecule has 1 unspecified atom stereocenters. The summed E-state index contributed by atoms with van der Waals surface area (Å²) >= 11 is 0. The van der Waals surface area contributed by atoms with E-state index in [4.69, 9.17) is 9.47 Å². The molecule has 4 heteroatoms. The van der Waals surface area contributed by atoms with Crippen LogP contribution in [-0.2, 0) is 22.6 Å². The summed E-state index contributed by atoms with van der Waals surface area (Å²) in [4.78, 5) is 0. The second-order valence-electron chi connectivity index (χ2n) is 6.33. The van der Waals surface area contributed by atoms with Gasteiger partial charge in [-0.3, -0.25) is 0 Å². The van der Waals surface area contributed by atoms with Gasteiger partial charge in [-0.1, -0.05) is 6.07 Å². The zero-order valence-electron chi connectivity index (χ0n) is 12.5. The summed E-state index contributed by atoms with van der Waals surface area (Å²) in [5.74, 6) is -0.205. The zero-order valence-corrected chi connectivity index (χ0v) is 12.5. The first kappa shape index (κ1) is 15.4. The van der Waals surface area contributed by atoms with Gasteiger partial charge in [0, 0.05) is 24.3 Å². The fourth-order valence-electron chi connectivity index (χ4n) is 2.07. The Labute approximate surface area is 120 Å². The third-order valence-electron chi connectivity index (χ3n) is 3.30. The molecule has 0 spiro atoms. The number of ether oxygens (including phenoxy) is 2. The molecular formula is C16H24FNO2. The number of halogens is 1. The van der Waals surface area contributed by atoms with Crippen LogP contribution in [0.1, 0.15) is 38.3 Å². The van der Waals surface area contributed by atoms with Crippen LogP contribution in [0, 0.1) is 5.82 Å². The molecule has 1 heterocycles. The minimum absolute atomic E-state index is 0.0479. The maximum absolute atomic E-state index is 13.8. The molecule has 1 aromatic rings. The smallest absolute Gasteiger partial charge is 0.128 e. The molecule has 20 heavy (non-hydrogen) atoms. The van der Waals surface area contributed by atoms with Crippen molar-refractivity contribution in [2.45, 2.75) is 52.0 Å². The highest BCUT2D eigenvalue weighted by Gasteiger charge is 2.17. The zero-order chi connectivity index (χ0) is 14.6. The van der Waals surface area contributed by atoms with Gasteiger partial charge in [0.15, 0.2) is 0 Å². The molecule has 1 aliphatic rings. The predicted molar refractivity (Wildman–Crippen MR) is 77.0 cm³/mol. The Morgan fingerprint density at radius 3 is 2.85 bits per heavy atom. The summed E-state index contributed by atoms with van der Waals surface area (Å²) in [6.07, 6.45) is 0.998. The van der Waals surface area contributed by atoms with Gasteiger partial charge >= 0.3 is 0 Å². The molecule has 3 nitrogen and oxygen atoms in total. The highest BCUT2D eigenvalue weighted by atomic mass is 19.1. The summed E-state index contributed by atoms with van der Waals surface area (Å²) in [5, 5.41) is 3.40. The van der Waals surface area contributed by atoms with Crippen molar-refractivity contribution in [1.82, 2.24) is 5.32 Å². The van der Waals surface area contributed by atoms with Crippen molar-refractivity contribution in [2.75, 3.05) is 13.2 Å². The Kier molecular flexibility index (Phi) is 5.13. The van der Waals surface area contributed by atoms with Crippen LogP contribution in [-0.4, -0.2) is 24.9 Å². The minimum atomic E-state index is -0.205. The third-order valence-corrected chi connectivity index (χ3v) is 3.30. The molecule has 1 fully saturated rings. The first-order valence-corrected chi connectivity index (χ1v) is 7.16. The lowest BCUT2D eigenvalue weighted by Gasteiger charge is -2.21. The van der Waals surface area contributed by atoms with Crippen LogP contribution >= 0.6 is 0 Å². The molecule has 0 amide bonds. The molecule has 0 radical (unpaired) electrons. The molecule has 0 saturated carbocycles. The highest BCUT2D eigenvalue weighted by molar-refractivity contribution is 5.24. The lowest BCUT2D eigenvalue weighted by Crippen LogP contribution is -2.35. The van der Waals surface area contributed by atoms with Crippen molar-refractivity contribution >= 4 is 0 Å². The van der Waals surface area contributed by atoms with Gasteiger partial charge in [-0.05, 0) is 44.9 Å². The van der Waals surface area contributed by atoms with Crippen LogP contribution in [0.25, 0.3) is 0 Å². The van der Waals surface area contributed by atoms with Crippen molar-refractivity contribution in [2.24, 2.45) is 0 Å². The lowest BCUT2D eigenvalue weighted by atomic mass is 10.1. The molecule has 112 valence electrons. The van der Waals surface area contributed by atoms with Crippen LogP contribution in [0.15, 0.2) is 18.2 Å². The van der Waals surface area contributed by atoms with E-state index in [1.54, 1.807) is 0 Å². The van der Waals surface area contributed by atoms with E-state index < -0.39 is 0 Å². The van der Waals surface area contributed by atoms with E-state index in [-0.39, 0.29) is 17.5 Å². The van der Waals surface area contributed by atoms with Gasteiger partial charge in [0.25, 0.3) is 0 Å². The number of benzene rings is 1. The van der Waals surface area contributed by atoms with Crippen molar-refractivity contribution in [3.63, 3.8) is 0 Å². The second-order valence-corrected chi connectivity index (χ2v) is 6.33. The van der Waals surface area contributed by atoms with Gasteiger partial charge in [0.05, 0.1) is 19.3 Å². The molecule has 1 N–H and O–H groups in total. The van der Waals surface area contributed by atoms with Crippen LogP contribution in [0.2, 0.25) is 0 Å². The SMILES string of the molecule is CC(C)(C)NCc1ccc(F)c(COC2CCOC2)c1. The van der Waals surface area contributed by atoms with E-state index in [9.17, 15) is 4.39 Å². The average molecular weight is 281 g/mol. The van der Waals surface area contributed by atoms with E-state index in [0.717, 1.165) is 25.1 Å². The van der Waals surface area contributed by atoms with Crippen molar-refractivity contribution in [1.29, 1.82) is 0 Å². The summed E-state index contributed by atoms with van der Waals surface area (Å²) in [5.41, 5.74) is 1.74. The van der Waals surface area contributed by atoms with Crippen LogP contribution in [0.5, 0.6) is 0 Å². The second kappa shape index (κ2) is 6.66. The molecule has 0 aliphatic carbocycles. The molecule has 0 aromatic heterocycles. The van der Waals surface area contributed by atoms with Gasteiger partial charge in [0.2, 0.25) is 0 Å². The Hall–Kier alpha value is -0.970. The third kappa shape index (κ3) is 4.85. The van der Waals surface area contributed by atoms with Crippen molar-refractivity contribution < 1.29 is 13.9 Å². The monoisotopic (exact) mass is 281 g/mol. The fourth-order valence-corrected chi connectivity index (χ4v) is 2.07. The Bertz CT molecular complexity index is 437. The standard InChI is InChI=1S/C16H24FNO2/c1-16(2,3)18-9-12-4-5-15(17)13(8-12)10-20-14-6-7-19-11-14/h4-5,8,14,18H,6-7,9-11H2,1-3H3. The Balaban J connectivity index is 1.93. The molecular weight excluding hydrogens is 257 g/mol. The summed E-state index contributed by atoms with van der Waals surface area (Å²) in [7, 11) is 0. The maximum atomic E-state index is 13.8. The number of hydrogen-bond acceptors (Lipinski definition) is 3. The normalized spacial score (nSPS) is 19.5. The summed E-state index contributed by atoms with van der Waals surface area (Å²) in [6.45, 7) is 8.73. The van der Waals surface area contributed by atoms with Crippen molar-refractivity contribution in [3.05, 3.63) is 35.1 Å². The summed E-state index contributed by atoms with van der Waals surface area (Å²) in [6, 6.07) is 5.21. The van der Waals surface area contributed by atoms with Gasteiger partial charge in [-0.2, -0.15) is 0 Å². The molecule has 1 aliphatic heterocycles. The van der Waals surface area contributed by atoms with E-state index >= 15 is 0 Å². The predicted octanol–water partition coefficient (Wildman–Crippen LogP) is 3.02. The van der Waals surface area contributed by atoms with Crippen LogP contribution < -0.4 is 5.32 Å². The van der Waals surface area contributed by atoms with Crippen molar-refractivity contribution in [3.8, 4) is 0 Å². The van der Waals surface area contributed by atoms with Gasteiger partial charge < -0.3 is 14.8 Å². The molecule has 1 aromatic carbocycles. The number of nitrogens with one attached hydrogen (secondary N) is 1. The van der Waals surface area contributed by atoms with Gasteiger partial charge in [-0.25, -0.2) is 4.39 Å². The molecule has 1 atom stereocenters. The van der Waals surface area contributed by atoms with E-state index in [1.807, 2.05) is 12.1 Å². The first-order valence-electron chi connectivity index (χ1n) is 7.16. The Morgan fingerprint density at radius 1 is 1.40 bits per heavy atom.